The Morgan fingerprint density at radius 3 is 2.50 bits per heavy atom. The molecule has 0 spiro atoms. The van der Waals surface area contributed by atoms with Gasteiger partial charge in [0, 0.05) is 23.1 Å². The molecule has 0 aliphatic rings. The zero-order chi connectivity index (χ0) is 21.8. The van der Waals surface area contributed by atoms with Crippen molar-refractivity contribution in [2.45, 2.75) is 17.8 Å². The Hall–Kier alpha value is -3.84. The number of para-hydroxylation sites is 1. The smallest absolute Gasteiger partial charge is 0.209 e. The van der Waals surface area contributed by atoms with Gasteiger partial charge in [-0.25, -0.2) is 9.67 Å². The van der Waals surface area contributed by atoms with E-state index in [9.17, 15) is 0 Å². The first-order valence-corrected chi connectivity index (χ1v) is 11.2. The van der Waals surface area contributed by atoms with Crippen molar-refractivity contribution in [2.24, 2.45) is 0 Å². The van der Waals surface area contributed by atoms with E-state index in [2.05, 4.69) is 33.5 Å². The molecule has 0 amide bonds. The average molecular weight is 440 g/mol. The van der Waals surface area contributed by atoms with E-state index >= 15 is 0 Å². The molecule has 0 aliphatic carbocycles. The number of rotatable bonds is 7. The number of nitrogens with zero attached hydrogens (tertiary/aromatic N) is 4. The molecule has 0 bridgehead atoms. The highest BCUT2D eigenvalue weighted by Gasteiger charge is 2.14. The number of H-pyrrole nitrogens is 1. The summed E-state index contributed by atoms with van der Waals surface area (Å²) in [6.45, 7) is 1.92. The Kier molecular flexibility index (Phi) is 5.72. The lowest BCUT2D eigenvalue weighted by atomic mass is 10.1. The van der Waals surface area contributed by atoms with Crippen LogP contribution in [0.2, 0.25) is 0 Å². The molecule has 0 atom stereocenters. The number of hydrogen-bond donors (Lipinski definition) is 1. The Morgan fingerprint density at radius 1 is 0.969 bits per heavy atom. The van der Waals surface area contributed by atoms with E-state index in [4.69, 9.17) is 9.52 Å². The molecule has 158 valence electrons. The lowest BCUT2D eigenvalue weighted by molar-refractivity contribution is 0.525. The van der Waals surface area contributed by atoms with Crippen LogP contribution in [0.25, 0.3) is 29.1 Å². The topological polar surface area (TPSA) is 72.5 Å². The maximum absolute atomic E-state index is 5.55. The van der Waals surface area contributed by atoms with Gasteiger partial charge in [0.05, 0.1) is 11.4 Å². The van der Waals surface area contributed by atoms with E-state index in [1.54, 1.807) is 11.8 Å². The molecular formula is C25H21N5OS. The van der Waals surface area contributed by atoms with E-state index in [0.29, 0.717) is 16.7 Å². The Balaban J connectivity index is 1.35. The lowest BCUT2D eigenvalue weighted by Gasteiger charge is -2.01. The number of aromatic amines is 1. The van der Waals surface area contributed by atoms with Crippen LogP contribution in [0.15, 0.2) is 88.6 Å². The van der Waals surface area contributed by atoms with Crippen molar-refractivity contribution in [3.63, 3.8) is 0 Å². The molecule has 1 N–H and O–H groups in total. The van der Waals surface area contributed by atoms with Gasteiger partial charge in [0.25, 0.3) is 0 Å². The van der Waals surface area contributed by atoms with Crippen LogP contribution in [0.1, 0.15) is 22.9 Å². The number of thioether (sulfide) groups is 1. The highest BCUT2D eigenvalue weighted by atomic mass is 32.2. The highest BCUT2D eigenvalue weighted by Crippen LogP contribution is 2.29. The van der Waals surface area contributed by atoms with Crippen molar-refractivity contribution in [1.82, 2.24) is 25.0 Å². The molecule has 0 aliphatic heterocycles. The fourth-order valence-corrected chi connectivity index (χ4v) is 4.08. The number of hydrogen-bond acceptors (Lipinski definition) is 5. The predicted octanol–water partition coefficient (Wildman–Crippen LogP) is 6.02. The molecule has 0 radical (unpaired) electrons. The minimum absolute atomic E-state index is 0.685. The van der Waals surface area contributed by atoms with Gasteiger partial charge in [0.2, 0.25) is 5.16 Å². The van der Waals surface area contributed by atoms with Gasteiger partial charge >= 0.3 is 0 Å². The molecule has 0 unspecified atom stereocenters. The SMILES string of the molecule is Cc1ccc(/C=C/c2nc(SCc3cn(-c4ccccc4)nc3-c3ccccc3)n[nH]2)o1. The first-order valence-electron chi connectivity index (χ1n) is 10.2. The van der Waals surface area contributed by atoms with Gasteiger partial charge in [0.1, 0.15) is 17.3 Å². The van der Waals surface area contributed by atoms with Crippen LogP contribution < -0.4 is 0 Å². The van der Waals surface area contributed by atoms with Crippen LogP contribution >= 0.6 is 11.8 Å². The van der Waals surface area contributed by atoms with Crippen LogP contribution in [0.3, 0.4) is 0 Å². The Labute approximate surface area is 190 Å². The molecule has 7 heteroatoms. The average Bonchev–Trinajstić information content (AvgIpc) is 3.57. The second-order valence-electron chi connectivity index (χ2n) is 7.22. The van der Waals surface area contributed by atoms with Crippen molar-refractivity contribution >= 4 is 23.9 Å². The number of aryl methyl sites for hydroxylation is 1. The lowest BCUT2D eigenvalue weighted by Crippen LogP contribution is -1.93. The molecule has 2 aromatic carbocycles. The second kappa shape index (κ2) is 9.11. The fraction of sp³-hybridized carbons (Fsp3) is 0.0800. The summed E-state index contributed by atoms with van der Waals surface area (Å²) >= 11 is 1.57. The summed E-state index contributed by atoms with van der Waals surface area (Å²) in [4.78, 5) is 4.56. The van der Waals surface area contributed by atoms with Crippen molar-refractivity contribution in [3.05, 3.63) is 102 Å². The van der Waals surface area contributed by atoms with Gasteiger partial charge in [-0.1, -0.05) is 60.3 Å². The summed E-state index contributed by atoms with van der Waals surface area (Å²) in [6.07, 6.45) is 5.81. The maximum atomic E-state index is 5.55. The van der Waals surface area contributed by atoms with Crippen molar-refractivity contribution in [2.75, 3.05) is 0 Å². The summed E-state index contributed by atoms with van der Waals surface area (Å²) < 4.78 is 7.47. The number of nitrogens with one attached hydrogen (secondary N) is 1. The number of aromatic nitrogens is 5. The van der Waals surface area contributed by atoms with Crippen molar-refractivity contribution < 1.29 is 4.42 Å². The number of furan rings is 1. The largest absolute Gasteiger partial charge is 0.462 e. The molecule has 3 aromatic heterocycles. The van der Waals surface area contributed by atoms with E-state index < -0.39 is 0 Å². The maximum Gasteiger partial charge on any atom is 0.209 e. The summed E-state index contributed by atoms with van der Waals surface area (Å²) in [5.74, 6) is 3.05. The molecular weight excluding hydrogens is 418 g/mol. The van der Waals surface area contributed by atoms with Gasteiger partial charge in [-0.15, -0.1) is 5.10 Å². The molecule has 32 heavy (non-hydrogen) atoms. The first-order chi connectivity index (χ1) is 15.7. The molecule has 0 saturated carbocycles. The monoisotopic (exact) mass is 439 g/mol. The normalized spacial score (nSPS) is 11.4. The quantitative estimate of drug-likeness (QED) is 0.314. The molecule has 3 heterocycles. The van der Waals surface area contributed by atoms with Crippen LogP contribution in [0, 0.1) is 6.92 Å². The highest BCUT2D eigenvalue weighted by molar-refractivity contribution is 7.98. The third kappa shape index (κ3) is 4.58. The summed E-state index contributed by atoms with van der Waals surface area (Å²) in [7, 11) is 0. The molecule has 5 rings (SSSR count). The molecule has 6 nitrogen and oxygen atoms in total. The van der Waals surface area contributed by atoms with E-state index in [-0.39, 0.29) is 0 Å². The zero-order valence-corrected chi connectivity index (χ0v) is 18.3. The van der Waals surface area contributed by atoms with Gasteiger partial charge in [-0.05, 0) is 43.3 Å². The van der Waals surface area contributed by atoms with Gasteiger partial charge < -0.3 is 4.42 Å². The minimum Gasteiger partial charge on any atom is -0.462 e. The van der Waals surface area contributed by atoms with Gasteiger partial charge in [-0.3, -0.25) is 5.10 Å². The van der Waals surface area contributed by atoms with E-state index in [0.717, 1.165) is 34.0 Å². The first kappa shape index (κ1) is 20.1. The van der Waals surface area contributed by atoms with Crippen LogP contribution in [-0.4, -0.2) is 25.0 Å². The third-order valence-electron chi connectivity index (χ3n) is 4.86. The van der Waals surface area contributed by atoms with Crippen LogP contribution in [-0.2, 0) is 5.75 Å². The van der Waals surface area contributed by atoms with E-state index in [1.807, 2.05) is 84.4 Å². The zero-order valence-electron chi connectivity index (χ0n) is 17.5. The van der Waals surface area contributed by atoms with Crippen LogP contribution in [0.4, 0.5) is 0 Å². The molecule has 0 fully saturated rings. The van der Waals surface area contributed by atoms with Crippen molar-refractivity contribution in [1.29, 1.82) is 0 Å². The molecule has 5 aromatic rings. The fourth-order valence-electron chi connectivity index (χ4n) is 3.31. The van der Waals surface area contributed by atoms with Gasteiger partial charge in [-0.2, -0.15) is 5.10 Å². The van der Waals surface area contributed by atoms with Gasteiger partial charge in [0.15, 0.2) is 0 Å². The minimum atomic E-state index is 0.685. The summed E-state index contributed by atoms with van der Waals surface area (Å²) in [5.41, 5.74) is 4.20. The van der Waals surface area contributed by atoms with Crippen LogP contribution in [0.5, 0.6) is 0 Å². The third-order valence-corrected chi connectivity index (χ3v) is 5.76. The Morgan fingerprint density at radius 2 is 1.75 bits per heavy atom. The predicted molar refractivity (Wildman–Crippen MR) is 127 cm³/mol. The summed E-state index contributed by atoms with van der Waals surface area (Å²) in [5, 5.41) is 12.9. The standard InChI is InChI=1S/C25H21N5OS/c1-18-12-13-22(31-18)14-15-23-26-25(28-27-23)32-17-20-16-30(21-10-6-3-7-11-21)29-24(20)19-8-4-2-5-9-19/h2-16H,17H2,1H3,(H,26,27,28)/b15-14+. The Bertz CT molecular complexity index is 1340. The summed E-state index contributed by atoms with van der Waals surface area (Å²) in [6, 6.07) is 24.2. The van der Waals surface area contributed by atoms with Crippen molar-refractivity contribution in [3.8, 4) is 16.9 Å². The number of benzene rings is 2. The molecule has 0 saturated heterocycles. The van der Waals surface area contributed by atoms with E-state index in [1.165, 1.54) is 0 Å². The second-order valence-corrected chi connectivity index (χ2v) is 8.17.